The summed E-state index contributed by atoms with van der Waals surface area (Å²) in [6.45, 7) is 0. The van der Waals surface area contributed by atoms with Gasteiger partial charge in [-0.25, -0.2) is 0 Å². The van der Waals surface area contributed by atoms with Gasteiger partial charge in [-0.05, 0) is 43.1 Å². The number of methoxy groups -OCH3 is 2. The third kappa shape index (κ3) is 3.02. The highest BCUT2D eigenvalue weighted by Crippen LogP contribution is 2.49. The van der Waals surface area contributed by atoms with Gasteiger partial charge in [-0.1, -0.05) is 18.0 Å². The summed E-state index contributed by atoms with van der Waals surface area (Å²) in [7, 11) is 3.11. The molecule has 3 rings (SSSR count). The number of carbonyl (C=O) groups excluding carboxylic acids is 1. The molecular weight excluding hydrogens is 302 g/mol. The molecule has 1 amide bonds. The largest absolute Gasteiger partial charge is 0.495 e. The van der Waals surface area contributed by atoms with Crippen LogP contribution in [0.2, 0.25) is 5.02 Å². The molecule has 0 unspecified atom stereocenters. The number of nitrogens with one attached hydrogen (secondary N) is 1. The maximum Gasteiger partial charge on any atom is 0.224 e. The maximum atomic E-state index is 12.3. The Morgan fingerprint density at radius 3 is 2.59 bits per heavy atom. The van der Waals surface area contributed by atoms with E-state index in [4.69, 9.17) is 21.1 Å². The lowest BCUT2D eigenvalue weighted by Crippen LogP contribution is -2.20. The van der Waals surface area contributed by atoms with E-state index in [-0.39, 0.29) is 5.91 Å². The molecule has 4 nitrogen and oxygen atoms in total. The predicted octanol–water partition coefficient (Wildman–Crippen LogP) is 4.12. The van der Waals surface area contributed by atoms with Crippen molar-refractivity contribution in [3.63, 3.8) is 0 Å². The molecule has 3 atom stereocenters. The van der Waals surface area contributed by atoms with Crippen LogP contribution in [0.5, 0.6) is 11.5 Å². The number of benzene rings is 1. The summed E-state index contributed by atoms with van der Waals surface area (Å²) in [6.07, 6.45) is 5.76. The smallest absolute Gasteiger partial charge is 0.224 e. The summed E-state index contributed by atoms with van der Waals surface area (Å²) >= 11 is 6.13. The SMILES string of the molecule is COc1cc(OC)c(NC(=O)C[C@H]2C[C@@H]3CC[C@@H]2C3)cc1Cl. The van der Waals surface area contributed by atoms with Crippen molar-refractivity contribution in [2.75, 3.05) is 19.5 Å². The fraction of sp³-hybridized carbons (Fsp3) is 0.588. The topological polar surface area (TPSA) is 47.6 Å². The van der Waals surface area contributed by atoms with E-state index in [0.717, 1.165) is 11.8 Å². The van der Waals surface area contributed by atoms with E-state index in [2.05, 4.69) is 5.32 Å². The Kier molecular flexibility index (Phi) is 4.48. The molecule has 5 heteroatoms. The zero-order valence-corrected chi connectivity index (χ0v) is 13.8. The summed E-state index contributed by atoms with van der Waals surface area (Å²) in [5.74, 6) is 3.27. The van der Waals surface area contributed by atoms with Crippen LogP contribution in [-0.2, 0) is 4.79 Å². The lowest BCUT2D eigenvalue weighted by atomic mass is 9.86. The summed E-state index contributed by atoms with van der Waals surface area (Å²) < 4.78 is 10.5. The minimum absolute atomic E-state index is 0.0390. The van der Waals surface area contributed by atoms with Gasteiger partial charge in [-0.15, -0.1) is 0 Å². The van der Waals surface area contributed by atoms with E-state index in [0.29, 0.717) is 34.5 Å². The van der Waals surface area contributed by atoms with Gasteiger partial charge in [0.15, 0.2) is 0 Å². The number of ether oxygens (including phenoxy) is 2. The fourth-order valence-electron chi connectivity index (χ4n) is 4.02. The number of amides is 1. The number of hydrogen-bond donors (Lipinski definition) is 1. The van der Waals surface area contributed by atoms with Crippen LogP contribution in [0.15, 0.2) is 12.1 Å². The quantitative estimate of drug-likeness (QED) is 0.886. The highest BCUT2D eigenvalue weighted by Gasteiger charge is 2.40. The molecule has 2 aliphatic rings. The van der Waals surface area contributed by atoms with Gasteiger partial charge in [0.25, 0.3) is 0 Å². The number of halogens is 1. The molecule has 0 radical (unpaired) electrons. The molecule has 0 spiro atoms. The Labute approximate surface area is 136 Å². The normalized spacial score (nSPS) is 26.0. The predicted molar refractivity (Wildman–Crippen MR) is 86.7 cm³/mol. The van der Waals surface area contributed by atoms with E-state index in [9.17, 15) is 4.79 Å². The molecule has 22 heavy (non-hydrogen) atoms. The monoisotopic (exact) mass is 323 g/mol. The van der Waals surface area contributed by atoms with Crippen molar-refractivity contribution in [3.05, 3.63) is 17.2 Å². The van der Waals surface area contributed by atoms with Crippen LogP contribution in [0.25, 0.3) is 0 Å². The third-order valence-corrected chi connectivity index (χ3v) is 5.38. The minimum atomic E-state index is 0.0390. The van der Waals surface area contributed by atoms with Crippen molar-refractivity contribution in [2.24, 2.45) is 17.8 Å². The van der Waals surface area contributed by atoms with E-state index in [1.54, 1.807) is 26.4 Å². The van der Waals surface area contributed by atoms with Crippen LogP contribution in [0.1, 0.15) is 32.1 Å². The van der Waals surface area contributed by atoms with Crippen molar-refractivity contribution >= 4 is 23.2 Å². The molecular formula is C17H22ClNO3. The fourth-order valence-corrected chi connectivity index (χ4v) is 4.26. The van der Waals surface area contributed by atoms with Crippen molar-refractivity contribution in [1.82, 2.24) is 0 Å². The number of fused-ring (bicyclic) bond motifs is 2. The average molecular weight is 324 g/mol. The lowest BCUT2D eigenvalue weighted by Gasteiger charge is -2.21. The Morgan fingerprint density at radius 2 is 2.00 bits per heavy atom. The molecule has 2 saturated carbocycles. The van der Waals surface area contributed by atoms with Crippen molar-refractivity contribution in [1.29, 1.82) is 0 Å². The van der Waals surface area contributed by atoms with Gasteiger partial charge in [0, 0.05) is 12.5 Å². The zero-order valence-electron chi connectivity index (χ0n) is 13.0. The number of anilines is 1. The third-order valence-electron chi connectivity index (χ3n) is 5.08. The van der Waals surface area contributed by atoms with Gasteiger partial charge in [-0.3, -0.25) is 4.79 Å². The number of carbonyl (C=O) groups is 1. The minimum Gasteiger partial charge on any atom is -0.495 e. The summed E-state index contributed by atoms with van der Waals surface area (Å²) in [6, 6.07) is 3.37. The molecule has 1 aromatic rings. The number of rotatable bonds is 5. The Balaban J connectivity index is 1.67. The molecule has 1 aromatic carbocycles. The first-order chi connectivity index (χ1) is 10.6. The van der Waals surface area contributed by atoms with Crippen LogP contribution in [0.4, 0.5) is 5.69 Å². The summed E-state index contributed by atoms with van der Waals surface area (Å²) in [5.41, 5.74) is 0.599. The van der Waals surface area contributed by atoms with Crippen LogP contribution >= 0.6 is 11.6 Å². The van der Waals surface area contributed by atoms with Gasteiger partial charge < -0.3 is 14.8 Å². The molecule has 2 fully saturated rings. The maximum absolute atomic E-state index is 12.3. The van der Waals surface area contributed by atoms with E-state index in [1.807, 2.05) is 0 Å². The van der Waals surface area contributed by atoms with Crippen molar-refractivity contribution in [2.45, 2.75) is 32.1 Å². The van der Waals surface area contributed by atoms with Crippen molar-refractivity contribution < 1.29 is 14.3 Å². The highest BCUT2D eigenvalue weighted by atomic mass is 35.5. The standard InChI is InChI=1S/C17H22ClNO3/c1-21-15-9-16(22-2)14(8-13(15)18)19-17(20)7-12-6-10-3-4-11(12)5-10/h8-12H,3-7H2,1-2H3,(H,19,20)/t10-,11-,12-/m1/s1. The Bertz CT molecular complexity index is 575. The molecule has 120 valence electrons. The van der Waals surface area contributed by atoms with Crippen LogP contribution in [0, 0.1) is 17.8 Å². The van der Waals surface area contributed by atoms with Gasteiger partial charge >= 0.3 is 0 Å². The van der Waals surface area contributed by atoms with Crippen LogP contribution < -0.4 is 14.8 Å². The van der Waals surface area contributed by atoms with Gasteiger partial charge in [0.05, 0.1) is 24.9 Å². The highest BCUT2D eigenvalue weighted by molar-refractivity contribution is 6.32. The first-order valence-electron chi connectivity index (χ1n) is 7.82. The summed E-state index contributed by atoms with van der Waals surface area (Å²) in [5, 5.41) is 3.39. The summed E-state index contributed by atoms with van der Waals surface area (Å²) in [4.78, 5) is 12.3. The van der Waals surface area contributed by atoms with E-state index in [1.165, 1.54) is 25.7 Å². The lowest BCUT2D eigenvalue weighted by molar-refractivity contribution is -0.117. The number of hydrogen-bond acceptors (Lipinski definition) is 3. The molecule has 0 saturated heterocycles. The van der Waals surface area contributed by atoms with Gasteiger partial charge in [-0.2, -0.15) is 0 Å². The van der Waals surface area contributed by atoms with Crippen LogP contribution in [0.3, 0.4) is 0 Å². The van der Waals surface area contributed by atoms with Gasteiger partial charge in [0.1, 0.15) is 11.5 Å². The molecule has 0 aliphatic heterocycles. The first kappa shape index (κ1) is 15.5. The molecule has 1 N–H and O–H groups in total. The van der Waals surface area contributed by atoms with E-state index < -0.39 is 0 Å². The Hall–Kier alpha value is -1.42. The average Bonchev–Trinajstić information content (AvgIpc) is 3.10. The second-order valence-corrected chi connectivity index (χ2v) is 6.78. The molecule has 0 heterocycles. The second-order valence-electron chi connectivity index (χ2n) is 6.37. The molecule has 0 aromatic heterocycles. The molecule has 2 bridgehead atoms. The van der Waals surface area contributed by atoms with E-state index >= 15 is 0 Å². The van der Waals surface area contributed by atoms with Crippen LogP contribution in [-0.4, -0.2) is 20.1 Å². The zero-order chi connectivity index (χ0) is 15.7. The molecule has 2 aliphatic carbocycles. The second kappa shape index (κ2) is 6.37. The van der Waals surface area contributed by atoms with Gasteiger partial charge in [0.2, 0.25) is 5.91 Å². The van der Waals surface area contributed by atoms with Crippen molar-refractivity contribution in [3.8, 4) is 11.5 Å². The first-order valence-corrected chi connectivity index (χ1v) is 8.20. The Morgan fingerprint density at radius 1 is 1.23 bits per heavy atom.